The van der Waals surface area contributed by atoms with Gasteiger partial charge in [0.25, 0.3) is 5.91 Å². The van der Waals surface area contributed by atoms with Gasteiger partial charge in [-0.1, -0.05) is 12.1 Å². The highest BCUT2D eigenvalue weighted by Crippen LogP contribution is 2.48. The summed E-state index contributed by atoms with van der Waals surface area (Å²) < 4.78 is 64.5. The van der Waals surface area contributed by atoms with Gasteiger partial charge in [-0.3, -0.25) is 9.69 Å². The van der Waals surface area contributed by atoms with Gasteiger partial charge in [-0.25, -0.2) is 9.37 Å². The average Bonchev–Trinajstić information content (AvgIpc) is 3.47. The Hall–Kier alpha value is -4.14. The first-order valence-corrected chi connectivity index (χ1v) is 13.8. The number of nitrogens with zero attached hydrogens (tertiary/aromatic N) is 5. The zero-order chi connectivity index (χ0) is 29.9. The van der Waals surface area contributed by atoms with E-state index in [0.717, 1.165) is 23.5 Å². The standard InChI is InChI=1S/C28H27F4N7O2S/c1-33-14-18-15-39(12-11-38(18)2)25-20(36-26(40)27-37-21(16-42-27)17-9-10-34-35-13-17)7-8-23(24(25)28(30,31)32)41-22-6-4-3-5-19(22)29/h3-10,13,16,18,33H,11-12,14-15H2,1-2H3,(H,36,40)/t18-/m0/s1. The molecular weight excluding hydrogens is 574 g/mol. The van der Waals surface area contributed by atoms with Crippen molar-refractivity contribution in [2.45, 2.75) is 12.2 Å². The molecule has 0 unspecified atom stereocenters. The van der Waals surface area contributed by atoms with E-state index in [1.165, 1.54) is 36.7 Å². The van der Waals surface area contributed by atoms with Crippen molar-refractivity contribution < 1.29 is 27.1 Å². The fourth-order valence-corrected chi connectivity index (χ4v) is 5.46. The normalized spacial score (nSPS) is 16.0. The Morgan fingerprint density at radius 3 is 2.64 bits per heavy atom. The minimum Gasteiger partial charge on any atom is -0.454 e. The second kappa shape index (κ2) is 12.4. The van der Waals surface area contributed by atoms with Crippen LogP contribution in [0.4, 0.5) is 28.9 Å². The third-order valence-corrected chi connectivity index (χ3v) is 7.68. The van der Waals surface area contributed by atoms with Gasteiger partial charge in [0.15, 0.2) is 16.6 Å². The van der Waals surface area contributed by atoms with Crippen LogP contribution in [-0.4, -0.2) is 72.3 Å². The summed E-state index contributed by atoms with van der Waals surface area (Å²) in [7, 11) is 3.68. The van der Waals surface area contributed by atoms with Crippen LogP contribution in [0.1, 0.15) is 15.4 Å². The summed E-state index contributed by atoms with van der Waals surface area (Å²) in [6.07, 6.45) is -1.92. The summed E-state index contributed by atoms with van der Waals surface area (Å²) >= 11 is 1.05. The lowest BCUT2D eigenvalue weighted by Crippen LogP contribution is -2.55. The maximum atomic E-state index is 14.9. The molecule has 220 valence electrons. The fraction of sp³-hybridized carbons (Fsp3) is 0.286. The van der Waals surface area contributed by atoms with E-state index in [1.54, 1.807) is 23.4 Å². The molecule has 2 N–H and O–H groups in total. The van der Waals surface area contributed by atoms with E-state index in [0.29, 0.717) is 24.3 Å². The molecule has 1 fully saturated rings. The predicted octanol–water partition coefficient (Wildman–Crippen LogP) is 5.14. The number of halogens is 4. The van der Waals surface area contributed by atoms with Gasteiger partial charge < -0.3 is 20.3 Å². The number of piperazine rings is 1. The average molecular weight is 602 g/mol. The van der Waals surface area contributed by atoms with Crippen LogP contribution in [0.5, 0.6) is 11.5 Å². The number of hydrogen-bond donors (Lipinski definition) is 2. The molecule has 1 amide bonds. The van der Waals surface area contributed by atoms with E-state index in [9.17, 15) is 22.4 Å². The number of nitrogens with one attached hydrogen (secondary N) is 2. The Morgan fingerprint density at radius 1 is 1.12 bits per heavy atom. The summed E-state index contributed by atoms with van der Waals surface area (Å²) in [5, 5.41) is 15.0. The van der Waals surface area contributed by atoms with E-state index in [4.69, 9.17) is 4.74 Å². The number of hydrogen-bond acceptors (Lipinski definition) is 9. The summed E-state index contributed by atoms with van der Waals surface area (Å²) in [5.41, 5.74) is -0.307. The van der Waals surface area contributed by atoms with Gasteiger partial charge in [0.05, 0.1) is 29.5 Å². The van der Waals surface area contributed by atoms with Gasteiger partial charge in [-0.2, -0.15) is 23.4 Å². The minimum atomic E-state index is -4.90. The molecule has 0 saturated carbocycles. The lowest BCUT2D eigenvalue weighted by atomic mass is 10.0. The lowest BCUT2D eigenvalue weighted by Gasteiger charge is -2.42. The van der Waals surface area contributed by atoms with Crippen molar-refractivity contribution in [3.63, 3.8) is 0 Å². The first-order valence-electron chi connectivity index (χ1n) is 13.0. The Kier molecular flexibility index (Phi) is 8.66. The summed E-state index contributed by atoms with van der Waals surface area (Å²) in [5.74, 6) is -2.40. The second-order valence-corrected chi connectivity index (χ2v) is 10.5. The summed E-state index contributed by atoms with van der Waals surface area (Å²) in [6.45, 7) is 1.50. The first-order chi connectivity index (χ1) is 20.2. The van der Waals surface area contributed by atoms with Crippen LogP contribution in [0.25, 0.3) is 11.3 Å². The van der Waals surface area contributed by atoms with Crippen LogP contribution in [0.15, 0.2) is 60.2 Å². The number of benzene rings is 2. The minimum absolute atomic E-state index is 0.0550. The van der Waals surface area contributed by atoms with Crippen LogP contribution in [0.3, 0.4) is 0 Å². The molecule has 42 heavy (non-hydrogen) atoms. The molecule has 1 aliphatic heterocycles. The Bertz CT molecular complexity index is 1550. The molecule has 0 bridgehead atoms. The lowest BCUT2D eigenvalue weighted by molar-refractivity contribution is -0.138. The van der Waals surface area contributed by atoms with Gasteiger partial charge in [0.2, 0.25) is 0 Å². The molecular formula is C28H27F4N7O2S. The molecule has 14 heteroatoms. The molecule has 5 rings (SSSR count). The number of anilines is 2. The Morgan fingerprint density at radius 2 is 1.93 bits per heavy atom. The maximum absolute atomic E-state index is 14.9. The predicted molar refractivity (Wildman–Crippen MR) is 152 cm³/mol. The third kappa shape index (κ3) is 6.35. The number of carbonyl (C=O) groups excluding carboxylic acids is 1. The molecule has 0 aliphatic carbocycles. The van der Waals surface area contributed by atoms with E-state index >= 15 is 0 Å². The van der Waals surface area contributed by atoms with Gasteiger partial charge in [0.1, 0.15) is 11.3 Å². The molecule has 0 radical (unpaired) electrons. The van der Waals surface area contributed by atoms with Crippen molar-refractivity contribution in [1.29, 1.82) is 0 Å². The number of ether oxygens (including phenoxy) is 1. The van der Waals surface area contributed by atoms with Crippen molar-refractivity contribution in [3.05, 3.63) is 76.6 Å². The topological polar surface area (TPSA) is 95.5 Å². The maximum Gasteiger partial charge on any atom is 0.422 e. The fourth-order valence-electron chi connectivity index (χ4n) is 4.74. The number of alkyl halides is 3. The van der Waals surface area contributed by atoms with Crippen LogP contribution < -0.4 is 20.3 Å². The van der Waals surface area contributed by atoms with Gasteiger partial charge >= 0.3 is 6.18 Å². The number of likely N-dealkylation sites (N-methyl/N-ethyl adjacent to an activating group) is 2. The number of para-hydroxylation sites is 1. The molecule has 0 spiro atoms. The number of thiazole rings is 1. The van der Waals surface area contributed by atoms with E-state index in [2.05, 4.69) is 30.7 Å². The molecule has 9 nitrogen and oxygen atoms in total. The van der Waals surface area contributed by atoms with Crippen molar-refractivity contribution in [2.24, 2.45) is 0 Å². The highest BCUT2D eigenvalue weighted by Gasteiger charge is 2.42. The monoisotopic (exact) mass is 601 g/mol. The van der Waals surface area contributed by atoms with E-state index in [-0.39, 0.29) is 41.3 Å². The quantitative estimate of drug-likeness (QED) is 0.268. The zero-order valence-electron chi connectivity index (χ0n) is 22.7. The molecule has 1 saturated heterocycles. The molecule has 4 aromatic rings. The highest BCUT2D eigenvalue weighted by atomic mass is 32.1. The number of carbonyl (C=O) groups is 1. The van der Waals surface area contributed by atoms with Crippen molar-refractivity contribution in [3.8, 4) is 22.8 Å². The Balaban J connectivity index is 1.57. The van der Waals surface area contributed by atoms with Crippen molar-refractivity contribution >= 4 is 28.6 Å². The molecule has 1 aliphatic rings. The third-order valence-electron chi connectivity index (χ3n) is 6.84. The Labute approximate surface area is 243 Å². The van der Waals surface area contributed by atoms with E-state index in [1.807, 2.05) is 7.05 Å². The van der Waals surface area contributed by atoms with Gasteiger partial charge in [-0.15, -0.1) is 11.3 Å². The van der Waals surface area contributed by atoms with Crippen molar-refractivity contribution in [1.82, 2.24) is 25.4 Å². The zero-order valence-corrected chi connectivity index (χ0v) is 23.5. The number of amides is 1. The molecule has 2 aromatic carbocycles. The van der Waals surface area contributed by atoms with Gasteiger partial charge in [0, 0.05) is 43.2 Å². The van der Waals surface area contributed by atoms with Gasteiger partial charge in [-0.05, 0) is 44.4 Å². The first kappa shape index (κ1) is 29.4. The highest BCUT2D eigenvalue weighted by molar-refractivity contribution is 7.12. The molecule has 2 aromatic heterocycles. The van der Waals surface area contributed by atoms with Crippen LogP contribution in [0.2, 0.25) is 0 Å². The van der Waals surface area contributed by atoms with Crippen molar-refractivity contribution in [2.75, 3.05) is 50.5 Å². The summed E-state index contributed by atoms with van der Waals surface area (Å²) in [4.78, 5) is 21.3. The largest absolute Gasteiger partial charge is 0.454 e. The number of rotatable bonds is 8. The smallest absolute Gasteiger partial charge is 0.422 e. The van der Waals surface area contributed by atoms with Crippen LogP contribution in [-0.2, 0) is 6.18 Å². The SMILES string of the molecule is CNC[C@H]1CN(c2c(NC(=O)c3nc(-c4ccnnc4)cs3)ccc(Oc3ccccc3F)c2C(F)(F)F)CCN1C. The number of aromatic nitrogens is 3. The molecule has 1 atom stereocenters. The van der Waals surface area contributed by atoms with E-state index < -0.39 is 29.2 Å². The van der Waals surface area contributed by atoms with Crippen LogP contribution >= 0.6 is 11.3 Å². The molecule has 3 heterocycles. The second-order valence-electron chi connectivity index (χ2n) is 9.63. The summed E-state index contributed by atoms with van der Waals surface area (Å²) in [6, 6.07) is 9.23. The van der Waals surface area contributed by atoms with Crippen LogP contribution in [0, 0.1) is 5.82 Å².